The molecule has 2 N–H and O–H groups in total. The molecule has 3 aromatic carbocycles. The van der Waals surface area contributed by atoms with Crippen LogP contribution >= 0.6 is 0 Å². The van der Waals surface area contributed by atoms with Crippen molar-refractivity contribution in [3.05, 3.63) is 96.1 Å². The molecule has 2 heterocycles. The van der Waals surface area contributed by atoms with E-state index in [2.05, 4.69) is 20.4 Å². The molecule has 7 heteroatoms. The minimum Gasteiger partial charge on any atom is -0.334 e. The Balaban J connectivity index is 1.47. The lowest BCUT2D eigenvalue weighted by Crippen LogP contribution is -2.40. The molecule has 5 rings (SSSR count). The molecule has 0 saturated carbocycles. The van der Waals surface area contributed by atoms with Gasteiger partial charge in [-0.3, -0.25) is 10.00 Å². The molecule has 7 nitrogen and oxygen atoms in total. The van der Waals surface area contributed by atoms with Gasteiger partial charge in [0.25, 0.3) is 5.78 Å². The highest BCUT2D eigenvalue weighted by Gasteiger charge is 2.21. The fourth-order valence-corrected chi connectivity index (χ4v) is 3.42. The van der Waals surface area contributed by atoms with Gasteiger partial charge in [-0.15, -0.1) is 0 Å². The summed E-state index contributed by atoms with van der Waals surface area (Å²) in [5.74, 6) is 0.970. The highest BCUT2D eigenvalue weighted by molar-refractivity contribution is 5.90. The maximum absolute atomic E-state index is 13.1. The Hall–Kier alpha value is -4.13. The number of imidazole rings is 1. The maximum atomic E-state index is 13.1. The molecular formula is C23H20N6O. The molecule has 0 aliphatic heterocycles. The quantitative estimate of drug-likeness (QED) is 0.469. The zero-order valence-electron chi connectivity index (χ0n) is 16.2. The van der Waals surface area contributed by atoms with E-state index in [9.17, 15) is 4.79 Å². The number of urea groups is 1. The lowest BCUT2D eigenvalue weighted by Gasteiger charge is -2.20. The first-order valence-corrected chi connectivity index (χ1v) is 9.74. The maximum Gasteiger partial charge on any atom is 0.324 e. The number of H-pyrrole nitrogens is 1. The molecule has 0 atom stereocenters. The van der Waals surface area contributed by atoms with Crippen LogP contribution in [-0.4, -0.2) is 25.6 Å². The van der Waals surface area contributed by atoms with Gasteiger partial charge < -0.3 is 5.32 Å². The largest absolute Gasteiger partial charge is 0.334 e. The number of hydrogen-bond acceptors (Lipinski definition) is 3. The van der Waals surface area contributed by atoms with Crippen LogP contribution in [0.3, 0.4) is 0 Å². The summed E-state index contributed by atoms with van der Waals surface area (Å²) in [5.41, 5.74) is 3.80. The summed E-state index contributed by atoms with van der Waals surface area (Å²) in [6.45, 7) is 0.821. The zero-order valence-corrected chi connectivity index (χ0v) is 16.2. The summed E-state index contributed by atoms with van der Waals surface area (Å²) >= 11 is 0. The van der Waals surface area contributed by atoms with Gasteiger partial charge in [0, 0.05) is 6.54 Å². The number of hydrogen-bond donors (Lipinski definition) is 2. The number of anilines is 1. The molecule has 0 unspecified atom stereocenters. The third-order valence-corrected chi connectivity index (χ3v) is 4.93. The Kier molecular flexibility index (Phi) is 4.61. The SMILES string of the molecule is O=C(NCc1ccccc1)N(Cc1ccccc1)c1nc2nc3ccccc3n2[nH]1. The summed E-state index contributed by atoms with van der Waals surface area (Å²) < 4.78 is 1.80. The smallest absolute Gasteiger partial charge is 0.324 e. The van der Waals surface area contributed by atoms with Crippen molar-refractivity contribution in [3.8, 4) is 0 Å². The Bertz CT molecular complexity index is 1290. The fourth-order valence-electron chi connectivity index (χ4n) is 3.42. The van der Waals surface area contributed by atoms with Crippen LogP contribution in [0.2, 0.25) is 0 Å². The van der Waals surface area contributed by atoms with Crippen molar-refractivity contribution in [1.82, 2.24) is 24.9 Å². The number of aromatic amines is 1. The number of amides is 2. The molecule has 0 aliphatic rings. The zero-order chi connectivity index (χ0) is 20.3. The van der Waals surface area contributed by atoms with Gasteiger partial charge in [0.05, 0.1) is 17.6 Å². The van der Waals surface area contributed by atoms with Gasteiger partial charge in [-0.25, -0.2) is 14.3 Å². The Morgan fingerprint density at radius 3 is 2.30 bits per heavy atom. The molecule has 148 valence electrons. The fraction of sp³-hybridized carbons (Fsp3) is 0.0870. The third kappa shape index (κ3) is 3.48. The minimum atomic E-state index is -0.232. The number of fused-ring (bicyclic) bond motifs is 3. The molecule has 0 aliphatic carbocycles. The minimum absolute atomic E-state index is 0.232. The average molecular weight is 396 g/mol. The van der Waals surface area contributed by atoms with Gasteiger partial charge in [-0.05, 0) is 23.3 Å². The average Bonchev–Trinajstić information content (AvgIpc) is 3.35. The molecular weight excluding hydrogens is 376 g/mol. The molecule has 0 bridgehead atoms. The molecule has 0 saturated heterocycles. The standard InChI is InChI=1S/C23H20N6O/c30-23(24-15-17-9-3-1-4-10-17)28(16-18-11-5-2-6-12-18)22-26-21-25-19-13-7-8-14-20(19)29(21)27-22/h1-14H,15-16H2,(H,24,30)(H,25,26,27). The van der Waals surface area contributed by atoms with Crippen LogP contribution in [0, 0.1) is 0 Å². The second kappa shape index (κ2) is 7.71. The van der Waals surface area contributed by atoms with Crippen molar-refractivity contribution in [3.63, 3.8) is 0 Å². The van der Waals surface area contributed by atoms with E-state index in [1.165, 1.54) is 0 Å². The molecule has 0 fully saturated rings. The first-order chi connectivity index (χ1) is 14.8. The number of carbonyl (C=O) groups excluding carboxylic acids is 1. The summed E-state index contributed by atoms with van der Waals surface area (Å²) in [6, 6.07) is 27.2. The van der Waals surface area contributed by atoms with E-state index >= 15 is 0 Å². The predicted molar refractivity (Wildman–Crippen MR) is 116 cm³/mol. The molecule has 0 radical (unpaired) electrons. The van der Waals surface area contributed by atoms with Crippen LogP contribution in [0.25, 0.3) is 16.8 Å². The molecule has 5 aromatic rings. The topological polar surface area (TPSA) is 78.3 Å². The Morgan fingerprint density at radius 1 is 0.867 bits per heavy atom. The van der Waals surface area contributed by atoms with Gasteiger partial charge in [-0.1, -0.05) is 72.8 Å². The normalized spacial score (nSPS) is 11.1. The van der Waals surface area contributed by atoms with Gasteiger partial charge in [-0.2, -0.15) is 4.98 Å². The Morgan fingerprint density at radius 2 is 1.53 bits per heavy atom. The van der Waals surface area contributed by atoms with E-state index in [-0.39, 0.29) is 6.03 Å². The number of para-hydroxylation sites is 2. The predicted octanol–water partition coefficient (Wildman–Crippen LogP) is 4.13. The summed E-state index contributed by atoms with van der Waals surface area (Å²) in [4.78, 5) is 23.8. The first kappa shape index (κ1) is 17.9. The highest BCUT2D eigenvalue weighted by Crippen LogP contribution is 2.19. The van der Waals surface area contributed by atoms with Crippen molar-refractivity contribution < 1.29 is 4.79 Å². The van der Waals surface area contributed by atoms with Crippen molar-refractivity contribution in [2.24, 2.45) is 0 Å². The molecule has 30 heavy (non-hydrogen) atoms. The number of nitrogens with one attached hydrogen (secondary N) is 2. The van der Waals surface area contributed by atoms with Crippen LogP contribution in [-0.2, 0) is 13.1 Å². The number of carbonyl (C=O) groups is 1. The third-order valence-electron chi connectivity index (χ3n) is 4.93. The van der Waals surface area contributed by atoms with E-state index in [1.807, 2.05) is 84.9 Å². The number of rotatable bonds is 5. The van der Waals surface area contributed by atoms with E-state index in [0.29, 0.717) is 24.8 Å². The van der Waals surface area contributed by atoms with Crippen LogP contribution in [0.15, 0.2) is 84.9 Å². The Labute approximate surface area is 173 Å². The highest BCUT2D eigenvalue weighted by atomic mass is 16.2. The van der Waals surface area contributed by atoms with Gasteiger partial charge >= 0.3 is 6.03 Å². The molecule has 2 amide bonds. The van der Waals surface area contributed by atoms with Crippen molar-refractivity contribution in [2.75, 3.05) is 4.90 Å². The summed E-state index contributed by atoms with van der Waals surface area (Å²) in [6.07, 6.45) is 0. The van der Waals surface area contributed by atoms with Crippen molar-refractivity contribution in [1.29, 1.82) is 0 Å². The summed E-state index contributed by atoms with van der Waals surface area (Å²) in [5, 5.41) is 6.21. The second-order valence-corrected chi connectivity index (χ2v) is 7.00. The van der Waals surface area contributed by atoms with Crippen molar-refractivity contribution in [2.45, 2.75) is 13.1 Å². The second-order valence-electron chi connectivity index (χ2n) is 7.00. The lowest BCUT2D eigenvalue weighted by atomic mass is 10.2. The van der Waals surface area contributed by atoms with Crippen LogP contribution < -0.4 is 10.2 Å². The van der Waals surface area contributed by atoms with Gasteiger partial charge in [0.2, 0.25) is 5.95 Å². The van der Waals surface area contributed by atoms with Crippen LogP contribution in [0.4, 0.5) is 10.7 Å². The van der Waals surface area contributed by atoms with E-state index in [1.54, 1.807) is 9.42 Å². The first-order valence-electron chi connectivity index (χ1n) is 9.74. The number of aromatic nitrogens is 4. The monoisotopic (exact) mass is 396 g/mol. The van der Waals surface area contributed by atoms with E-state index < -0.39 is 0 Å². The van der Waals surface area contributed by atoms with E-state index in [4.69, 9.17) is 0 Å². The summed E-state index contributed by atoms with van der Waals surface area (Å²) in [7, 11) is 0. The molecule has 2 aromatic heterocycles. The van der Waals surface area contributed by atoms with Crippen LogP contribution in [0.1, 0.15) is 11.1 Å². The lowest BCUT2D eigenvalue weighted by molar-refractivity contribution is 0.245. The van der Waals surface area contributed by atoms with E-state index in [0.717, 1.165) is 22.2 Å². The number of benzene rings is 3. The van der Waals surface area contributed by atoms with Crippen molar-refractivity contribution >= 4 is 28.8 Å². The van der Waals surface area contributed by atoms with Crippen LogP contribution in [0.5, 0.6) is 0 Å². The number of nitrogens with zero attached hydrogens (tertiary/aromatic N) is 4. The molecule has 0 spiro atoms. The van der Waals surface area contributed by atoms with Gasteiger partial charge in [0.1, 0.15) is 0 Å². The van der Waals surface area contributed by atoms with Gasteiger partial charge in [0.15, 0.2) is 0 Å².